The minimum absolute atomic E-state index is 0.767. The summed E-state index contributed by atoms with van der Waals surface area (Å²) in [6, 6.07) is 10.4. The number of rotatable bonds is 4. The summed E-state index contributed by atoms with van der Waals surface area (Å²) >= 11 is 0. The van der Waals surface area contributed by atoms with Crippen LogP contribution in [0, 0.1) is 0 Å². The quantitative estimate of drug-likeness (QED) is 0.740. The molecule has 24 heavy (non-hydrogen) atoms. The maximum Gasteiger partial charge on any atom is 0.164 e. The molecule has 0 aliphatic carbocycles. The minimum atomic E-state index is 0.767. The normalized spacial score (nSPS) is 15.4. The van der Waals surface area contributed by atoms with Gasteiger partial charge in [0.05, 0.1) is 18.6 Å². The van der Waals surface area contributed by atoms with Crippen molar-refractivity contribution in [2.45, 2.75) is 25.8 Å². The van der Waals surface area contributed by atoms with Crippen LogP contribution in [0.15, 0.2) is 49.2 Å². The second-order valence-corrected chi connectivity index (χ2v) is 6.20. The summed E-state index contributed by atoms with van der Waals surface area (Å²) in [4.78, 5) is 15.8. The van der Waals surface area contributed by atoms with Crippen molar-refractivity contribution in [3.05, 3.63) is 60.4 Å². The van der Waals surface area contributed by atoms with Gasteiger partial charge in [0.15, 0.2) is 5.65 Å². The Kier molecular flexibility index (Phi) is 4.23. The van der Waals surface area contributed by atoms with E-state index in [4.69, 9.17) is 0 Å². The number of hydrogen-bond acceptors (Lipinski definition) is 4. The summed E-state index contributed by atoms with van der Waals surface area (Å²) < 4.78 is 2.07. The molecule has 5 heteroatoms. The van der Waals surface area contributed by atoms with Crippen LogP contribution in [0.4, 0.5) is 0 Å². The Bertz CT molecular complexity index is 831. The summed E-state index contributed by atoms with van der Waals surface area (Å²) in [6.45, 7) is 3.03. The van der Waals surface area contributed by atoms with Crippen LogP contribution in [0.5, 0.6) is 0 Å². The van der Waals surface area contributed by atoms with E-state index in [0.717, 1.165) is 36.5 Å². The van der Waals surface area contributed by atoms with E-state index in [2.05, 4.69) is 61.0 Å². The Morgan fingerprint density at radius 2 is 1.79 bits per heavy atom. The second-order valence-electron chi connectivity index (χ2n) is 6.20. The van der Waals surface area contributed by atoms with Crippen molar-refractivity contribution >= 4 is 17.2 Å². The number of nitrogens with zero attached hydrogens (tertiary/aromatic N) is 5. The molecule has 1 aliphatic heterocycles. The first-order valence-electron chi connectivity index (χ1n) is 8.52. The molecule has 0 saturated carbocycles. The lowest BCUT2D eigenvalue weighted by Gasteiger charge is -2.24. The Labute approximate surface area is 141 Å². The van der Waals surface area contributed by atoms with E-state index in [1.54, 1.807) is 6.33 Å². The van der Waals surface area contributed by atoms with Gasteiger partial charge in [0.1, 0.15) is 11.8 Å². The van der Waals surface area contributed by atoms with Crippen LogP contribution >= 0.6 is 0 Å². The highest BCUT2D eigenvalue weighted by atomic mass is 15.1. The van der Waals surface area contributed by atoms with Gasteiger partial charge in [0, 0.05) is 19.3 Å². The molecule has 0 spiro atoms. The highest BCUT2D eigenvalue weighted by molar-refractivity contribution is 5.79. The third kappa shape index (κ3) is 3.15. The Hall–Kier alpha value is -2.69. The maximum absolute atomic E-state index is 4.55. The summed E-state index contributed by atoms with van der Waals surface area (Å²) in [5.41, 5.74) is 3.87. The zero-order valence-electron chi connectivity index (χ0n) is 13.7. The van der Waals surface area contributed by atoms with Crippen LogP contribution in [-0.2, 0) is 6.54 Å². The topological polar surface area (TPSA) is 46.8 Å². The average Bonchev–Trinajstić information content (AvgIpc) is 3.05. The predicted octanol–water partition coefficient (Wildman–Crippen LogP) is 3.33. The number of aromatic nitrogens is 4. The Balaban J connectivity index is 1.60. The van der Waals surface area contributed by atoms with Crippen molar-refractivity contribution in [2.75, 3.05) is 13.1 Å². The summed E-state index contributed by atoms with van der Waals surface area (Å²) in [7, 11) is 0. The fourth-order valence-corrected chi connectivity index (χ4v) is 3.16. The van der Waals surface area contributed by atoms with E-state index in [1.807, 2.05) is 12.4 Å². The minimum Gasteiger partial charge on any atom is -0.377 e. The first-order valence-corrected chi connectivity index (χ1v) is 8.52. The van der Waals surface area contributed by atoms with E-state index in [1.165, 1.54) is 24.8 Å². The molecule has 122 valence electrons. The SMILES string of the molecule is C(=CN1CCCCC1)c1ncnc2c1ncn2Cc1ccccc1. The van der Waals surface area contributed by atoms with Gasteiger partial charge < -0.3 is 9.47 Å². The first kappa shape index (κ1) is 14.9. The number of likely N-dealkylation sites (tertiary alicyclic amines) is 1. The van der Waals surface area contributed by atoms with Gasteiger partial charge in [0.25, 0.3) is 0 Å². The highest BCUT2D eigenvalue weighted by Gasteiger charge is 2.10. The van der Waals surface area contributed by atoms with Gasteiger partial charge in [-0.15, -0.1) is 0 Å². The van der Waals surface area contributed by atoms with Crippen molar-refractivity contribution in [3.8, 4) is 0 Å². The molecule has 1 aromatic carbocycles. The number of benzene rings is 1. The van der Waals surface area contributed by atoms with Crippen LogP contribution in [0.2, 0.25) is 0 Å². The number of hydrogen-bond donors (Lipinski definition) is 0. The average molecular weight is 319 g/mol. The molecule has 3 aromatic rings. The zero-order chi connectivity index (χ0) is 16.2. The van der Waals surface area contributed by atoms with Crippen LogP contribution in [0.1, 0.15) is 30.5 Å². The number of piperidine rings is 1. The highest BCUT2D eigenvalue weighted by Crippen LogP contribution is 2.17. The van der Waals surface area contributed by atoms with Gasteiger partial charge >= 0.3 is 0 Å². The first-order chi connectivity index (χ1) is 11.9. The molecule has 0 radical (unpaired) electrons. The molecule has 0 atom stereocenters. The number of fused-ring (bicyclic) bond motifs is 1. The lowest BCUT2D eigenvalue weighted by Crippen LogP contribution is -2.23. The predicted molar refractivity (Wildman–Crippen MR) is 95.3 cm³/mol. The van der Waals surface area contributed by atoms with Crippen LogP contribution in [0.25, 0.3) is 17.2 Å². The Morgan fingerprint density at radius 3 is 2.62 bits per heavy atom. The van der Waals surface area contributed by atoms with Crippen molar-refractivity contribution in [2.24, 2.45) is 0 Å². The summed E-state index contributed by atoms with van der Waals surface area (Å²) in [6.07, 6.45) is 11.6. The van der Waals surface area contributed by atoms with E-state index in [0.29, 0.717) is 0 Å². The van der Waals surface area contributed by atoms with Crippen LogP contribution in [-0.4, -0.2) is 37.5 Å². The molecule has 2 aromatic heterocycles. The fourth-order valence-electron chi connectivity index (χ4n) is 3.16. The van der Waals surface area contributed by atoms with Crippen molar-refractivity contribution in [3.63, 3.8) is 0 Å². The van der Waals surface area contributed by atoms with Crippen LogP contribution < -0.4 is 0 Å². The molecule has 0 amide bonds. The molecular weight excluding hydrogens is 298 g/mol. The van der Waals surface area contributed by atoms with Gasteiger partial charge in [-0.1, -0.05) is 30.3 Å². The number of imidazole rings is 1. The lowest BCUT2D eigenvalue weighted by atomic mass is 10.1. The van der Waals surface area contributed by atoms with Crippen molar-refractivity contribution < 1.29 is 0 Å². The molecule has 0 N–H and O–H groups in total. The molecule has 0 unspecified atom stereocenters. The van der Waals surface area contributed by atoms with E-state index in [9.17, 15) is 0 Å². The van der Waals surface area contributed by atoms with Crippen molar-refractivity contribution in [1.82, 2.24) is 24.4 Å². The van der Waals surface area contributed by atoms with E-state index < -0.39 is 0 Å². The lowest BCUT2D eigenvalue weighted by molar-refractivity contribution is 0.311. The van der Waals surface area contributed by atoms with Gasteiger partial charge in [0.2, 0.25) is 0 Å². The van der Waals surface area contributed by atoms with E-state index >= 15 is 0 Å². The smallest absolute Gasteiger partial charge is 0.164 e. The molecule has 5 nitrogen and oxygen atoms in total. The maximum atomic E-state index is 4.55. The standard InChI is InChI=1S/C19H21N5/c1-3-7-16(8-4-1)13-24-15-22-18-17(20-14-21-19(18)24)9-12-23-10-5-2-6-11-23/h1,3-4,7-9,12,14-15H,2,5-6,10-11,13H2. The third-order valence-electron chi connectivity index (χ3n) is 4.46. The molecule has 4 rings (SSSR count). The molecule has 1 fully saturated rings. The van der Waals surface area contributed by atoms with Gasteiger partial charge in [-0.3, -0.25) is 0 Å². The van der Waals surface area contributed by atoms with Crippen molar-refractivity contribution in [1.29, 1.82) is 0 Å². The molecule has 1 aliphatic rings. The van der Waals surface area contributed by atoms with Gasteiger partial charge in [-0.25, -0.2) is 15.0 Å². The molecular formula is C19H21N5. The molecule has 1 saturated heterocycles. The third-order valence-corrected chi connectivity index (χ3v) is 4.46. The monoisotopic (exact) mass is 319 g/mol. The van der Waals surface area contributed by atoms with Gasteiger partial charge in [-0.2, -0.15) is 0 Å². The molecule has 0 bridgehead atoms. The summed E-state index contributed by atoms with van der Waals surface area (Å²) in [5, 5.41) is 0. The fraction of sp³-hybridized carbons (Fsp3) is 0.316. The van der Waals surface area contributed by atoms with Gasteiger partial charge in [-0.05, 0) is 30.9 Å². The second kappa shape index (κ2) is 6.83. The molecule has 3 heterocycles. The summed E-state index contributed by atoms with van der Waals surface area (Å²) in [5.74, 6) is 0. The Morgan fingerprint density at radius 1 is 0.958 bits per heavy atom. The van der Waals surface area contributed by atoms with Crippen LogP contribution in [0.3, 0.4) is 0 Å². The largest absolute Gasteiger partial charge is 0.377 e. The zero-order valence-corrected chi connectivity index (χ0v) is 13.7. The van der Waals surface area contributed by atoms with E-state index in [-0.39, 0.29) is 0 Å².